The smallest absolute Gasteiger partial charge is 0.238 e. The van der Waals surface area contributed by atoms with Crippen molar-refractivity contribution in [1.29, 1.82) is 0 Å². The maximum atomic E-state index is 11.9. The average molecular weight is 308 g/mol. The van der Waals surface area contributed by atoms with Gasteiger partial charge in [-0.1, -0.05) is 6.07 Å². The predicted octanol–water partition coefficient (Wildman–Crippen LogP) is 0.868. The fourth-order valence-electron chi connectivity index (χ4n) is 1.92. The first kappa shape index (κ1) is 15.2. The van der Waals surface area contributed by atoms with Gasteiger partial charge in [-0.25, -0.2) is 18.5 Å². The highest BCUT2D eigenvalue weighted by atomic mass is 32.2. The summed E-state index contributed by atoms with van der Waals surface area (Å²) in [5.74, 6) is -0.210. The Balaban J connectivity index is 2.07. The van der Waals surface area contributed by atoms with E-state index in [-0.39, 0.29) is 17.2 Å². The molecule has 21 heavy (non-hydrogen) atoms. The van der Waals surface area contributed by atoms with Crippen LogP contribution in [0.3, 0.4) is 0 Å². The van der Waals surface area contributed by atoms with Crippen molar-refractivity contribution in [2.75, 3.05) is 5.32 Å². The molecule has 2 aromatic rings. The van der Waals surface area contributed by atoms with Crippen LogP contribution in [0, 0.1) is 6.92 Å². The van der Waals surface area contributed by atoms with E-state index in [1.807, 2.05) is 0 Å². The van der Waals surface area contributed by atoms with Gasteiger partial charge >= 0.3 is 0 Å². The van der Waals surface area contributed by atoms with Crippen LogP contribution in [-0.4, -0.2) is 23.9 Å². The summed E-state index contributed by atoms with van der Waals surface area (Å²) in [6.07, 6.45) is 5.29. The van der Waals surface area contributed by atoms with E-state index in [2.05, 4.69) is 10.3 Å². The maximum absolute atomic E-state index is 11.9. The number of aromatic nitrogens is 2. The third-order valence-corrected chi connectivity index (χ3v) is 4.08. The van der Waals surface area contributed by atoms with Crippen LogP contribution in [0.5, 0.6) is 0 Å². The van der Waals surface area contributed by atoms with Crippen molar-refractivity contribution in [3.8, 4) is 0 Å². The quantitative estimate of drug-likeness (QED) is 0.854. The highest BCUT2D eigenvalue weighted by molar-refractivity contribution is 7.89. The van der Waals surface area contributed by atoms with Crippen molar-refractivity contribution in [2.24, 2.45) is 5.14 Å². The van der Waals surface area contributed by atoms with Gasteiger partial charge in [0.2, 0.25) is 15.9 Å². The molecule has 0 atom stereocenters. The summed E-state index contributed by atoms with van der Waals surface area (Å²) in [7, 11) is -3.80. The van der Waals surface area contributed by atoms with E-state index in [4.69, 9.17) is 5.14 Å². The number of nitrogens with two attached hydrogens (primary N) is 1. The fourth-order valence-corrected chi connectivity index (χ4v) is 2.73. The zero-order chi connectivity index (χ0) is 15.5. The number of benzene rings is 1. The van der Waals surface area contributed by atoms with Gasteiger partial charge in [-0.05, 0) is 24.6 Å². The van der Waals surface area contributed by atoms with Gasteiger partial charge in [0.25, 0.3) is 0 Å². The molecule has 0 saturated heterocycles. The van der Waals surface area contributed by atoms with E-state index < -0.39 is 10.0 Å². The number of aryl methyl sites for hydroxylation is 1. The molecule has 0 radical (unpaired) electrons. The molecule has 1 heterocycles. The van der Waals surface area contributed by atoms with Crippen LogP contribution in [0.15, 0.2) is 41.8 Å². The van der Waals surface area contributed by atoms with Crippen LogP contribution in [-0.2, 0) is 21.4 Å². The molecular weight excluding hydrogens is 292 g/mol. The summed E-state index contributed by atoms with van der Waals surface area (Å²) in [6, 6.07) is 4.59. The molecular formula is C13H16N4O3S. The number of rotatable bonds is 5. The molecule has 8 heteroatoms. The Kier molecular flexibility index (Phi) is 4.39. The van der Waals surface area contributed by atoms with Crippen molar-refractivity contribution in [1.82, 2.24) is 9.55 Å². The number of carbonyl (C=O) groups excluding carboxylic acids is 1. The molecule has 3 N–H and O–H groups in total. The summed E-state index contributed by atoms with van der Waals surface area (Å²) in [4.78, 5) is 15.8. The lowest BCUT2D eigenvalue weighted by Crippen LogP contribution is -2.17. The maximum Gasteiger partial charge on any atom is 0.238 e. The third kappa shape index (κ3) is 3.89. The Labute approximate surface area is 122 Å². The number of sulfonamides is 1. The van der Waals surface area contributed by atoms with E-state index >= 15 is 0 Å². The van der Waals surface area contributed by atoms with Gasteiger partial charge in [0.1, 0.15) is 0 Å². The molecule has 1 aromatic carbocycles. The van der Waals surface area contributed by atoms with Gasteiger partial charge in [0, 0.05) is 31.0 Å². The molecule has 0 bridgehead atoms. The first-order chi connectivity index (χ1) is 9.88. The molecule has 0 aliphatic rings. The van der Waals surface area contributed by atoms with Gasteiger partial charge in [-0.3, -0.25) is 4.79 Å². The molecule has 1 amide bonds. The molecule has 0 aliphatic carbocycles. The SMILES string of the molecule is Cc1c(NC(=O)CCn2ccnc2)cccc1S(N)(=O)=O. The van der Waals surface area contributed by atoms with E-state index in [1.165, 1.54) is 12.1 Å². The number of nitrogens with one attached hydrogen (secondary N) is 1. The molecule has 1 aromatic heterocycles. The molecule has 0 spiro atoms. The summed E-state index contributed by atoms with van der Waals surface area (Å²) >= 11 is 0. The van der Waals surface area contributed by atoms with Gasteiger partial charge in [-0.2, -0.15) is 0 Å². The average Bonchev–Trinajstić information content (AvgIpc) is 2.90. The van der Waals surface area contributed by atoms with Crippen molar-refractivity contribution in [2.45, 2.75) is 24.8 Å². The monoisotopic (exact) mass is 308 g/mol. The first-order valence-corrected chi connectivity index (χ1v) is 7.80. The fraction of sp³-hybridized carbons (Fsp3) is 0.231. The van der Waals surface area contributed by atoms with Crippen molar-refractivity contribution in [3.05, 3.63) is 42.5 Å². The molecule has 7 nitrogen and oxygen atoms in total. The summed E-state index contributed by atoms with van der Waals surface area (Å²) in [5.41, 5.74) is 0.869. The number of primary sulfonamides is 1. The molecule has 2 rings (SSSR count). The van der Waals surface area contributed by atoms with Gasteiger partial charge in [0.15, 0.2) is 0 Å². The van der Waals surface area contributed by atoms with Crippen LogP contribution < -0.4 is 10.5 Å². The van der Waals surface area contributed by atoms with E-state index in [0.29, 0.717) is 17.8 Å². The lowest BCUT2D eigenvalue weighted by atomic mass is 10.2. The Morgan fingerprint density at radius 3 is 2.81 bits per heavy atom. The molecule has 112 valence electrons. The van der Waals surface area contributed by atoms with Crippen LogP contribution in [0.2, 0.25) is 0 Å². The normalized spacial score (nSPS) is 11.3. The van der Waals surface area contributed by atoms with Crippen LogP contribution in [0.25, 0.3) is 0 Å². The Morgan fingerprint density at radius 1 is 1.43 bits per heavy atom. The largest absolute Gasteiger partial charge is 0.337 e. The summed E-state index contributed by atoms with van der Waals surface area (Å²) < 4.78 is 24.6. The zero-order valence-electron chi connectivity index (χ0n) is 11.5. The summed E-state index contributed by atoms with van der Waals surface area (Å²) in [6.45, 7) is 2.10. The van der Waals surface area contributed by atoms with E-state index in [0.717, 1.165) is 0 Å². The molecule has 0 fully saturated rings. The topological polar surface area (TPSA) is 107 Å². The van der Waals surface area contributed by atoms with Gasteiger partial charge in [0.05, 0.1) is 11.2 Å². The second kappa shape index (κ2) is 6.06. The number of amides is 1. The Hall–Kier alpha value is -2.19. The standard InChI is InChI=1S/C13H16N4O3S/c1-10-11(3-2-4-12(10)21(14,19)20)16-13(18)5-7-17-8-6-15-9-17/h2-4,6,8-9H,5,7H2,1H3,(H,16,18)(H2,14,19,20). The number of imidazole rings is 1. The van der Waals surface area contributed by atoms with Crippen molar-refractivity contribution in [3.63, 3.8) is 0 Å². The molecule has 0 aliphatic heterocycles. The number of hydrogen-bond acceptors (Lipinski definition) is 4. The van der Waals surface area contributed by atoms with Gasteiger partial charge in [-0.15, -0.1) is 0 Å². The molecule has 0 saturated carbocycles. The number of carbonyl (C=O) groups is 1. The van der Waals surface area contributed by atoms with E-state index in [9.17, 15) is 13.2 Å². The number of anilines is 1. The lowest BCUT2D eigenvalue weighted by molar-refractivity contribution is -0.116. The molecule has 0 unspecified atom stereocenters. The number of hydrogen-bond donors (Lipinski definition) is 2. The first-order valence-electron chi connectivity index (χ1n) is 6.26. The third-order valence-electron chi connectivity index (χ3n) is 3.02. The highest BCUT2D eigenvalue weighted by Gasteiger charge is 2.14. The second-order valence-corrected chi connectivity index (χ2v) is 6.10. The van der Waals surface area contributed by atoms with Crippen molar-refractivity contribution >= 4 is 21.6 Å². The van der Waals surface area contributed by atoms with Crippen LogP contribution in [0.1, 0.15) is 12.0 Å². The van der Waals surface area contributed by atoms with Gasteiger partial charge < -0.3 is 9.88 Å². The highest BCUT2D eigenvalue weighted by Crippen LogP contribution is 2.22. The van der Waals surface area contributed by atoms with Crippen LogP contribution in [0.4, 0.5) is 5.69 Å². The minimum absolute atomic E-state index is 0.00918. The van der Waals surface area contributed by atoms with E-state index in [1.54, 1.807) is 36.3 Å². The Bertz CT molecular complexity index is 739. The van der Waals surface area contributed by atoms with Crippen molar-refractivity contribution < 1.29 is 13.2 Å². The minimum Gasteiger partial charge on any atom is -0.337 e. The lowest BCUT2D eigenvalue weighted by Gasteiger charge is -2.11. The summed E-state index contributed by atoms with van der Waals surface area (Å²) in [5, 5.41) is 7.82. The Morgan fingerprint density at radius 2 is 2.19 bits per heavy atom. The number of nitrogens with zero attached hydrogens (tertiary/aromatic N) is 2. The zero-order valence-corrected chi connectivity index (χ0v) is 12.3. The second-order valence-electron chi connectivity index (χ2n) is 4.57. The van der Waals surface area contributed by atoms with Crippen LogP contribution >= 0.6 is 0 Å². The predicted molar refractivity (Wildman–Crippen MR) is 78.0 cm³/mol. The minimum atomic E-state index is -3.80.